The number of aromatic nitrogens is 1. The van der Waals surface area contributed by atoms with Crippen molar-refractivity contribution in [1.29, 1.82) is 0 Å². The topological polar surface area (TPSA) is 56.7 Å². The molecule has 1 N–H and O–H groups in total. The summed E-state index contributed by atoms with van der Waals surface area (Å²) in [5.41, 5.74) is 1.14. The van der Waals surface area contributed by atoms with E-state index in [0.29, 0.717) is 6.04 Å². The van der Waals surface area contributed by atoms with Crippen molar-refractivity contribution >= 4 is 28.6 Å². The van der Waals surface area contributed by atoms with Gasteiger partial charge in [0, 0.05) is 24.5 Å². The molecule has 0 amide bonds. The molecule has 0 saturated carbocycles. The van der Waals surface area contributed by atoms with Gasteiger partial charge in [0.05, 0.1) is 17.1 Å². The highest BCUT2D eigenvalue weighted by Crippen LogP contribution is 2.28. The number of thiazole rings is 1. The van der Waals surface area contributed by atoms with Crippen LogP contribution >= 0.6 is 22.7 Å². The Labute approximate surface area is 150 Å². The molecule has 1 saturated heterocycles. The van der Waals surface area contributed by atoms with Gasteiger partial charge in [0.15, 0.2) is 0 Å². The van der Waals surface area contributed by atoms with Crippen LogP contribution < -0.4 is 0 Å². The summed E-state index contributed by atoms with van der Waals surface area (Å²) in [5, 5.41) is 14.3. The van der Waals surface area contributed by atoms with E-state index in [4.69, 9.17) is 10.1 Å². The van der Waals surface area contributed by atoms with Gasteiger partial charge in [-0.15, -0.1) is 22.7 Å². The molecule has 24 heavy (non-hydrogen) atoms. The zero-order valence-electron chi connectivity index (χ0n) is 13.9. The number of nitrogens with zero attached hydrogens (tertiary/aromatic N) is 3. The second-order valence-electron chi connectivity index (χ2n) is 6.29. The smallest absolute Gasteiger partial charge is 0.317 e. The van der Waals surface area contributed by atoms with E-state index < -0.39 is 5.97 Å². The summed E-state index contributed by atoms with van der Waals surface area (Å²) in [7, 11) is 1.92. The molecule has 130 valence electrons. The number of likely N-dealkylation sites (tertiary alicyclic amines) is 1. The SMILES string of the molecule is CN(CC(=O)O)C1CCCN(Cc2csc(-c3cccs3)n2)CC1. The minimum absolute atomic E-state index is 0.126. The normalized spacial score (nSPS) is 19.5. The average Bonchev–Trinajstić information content (AvgIpc) is 3.15. The highest BCUT2D eigenvalue weighted by Gasteiger charge is 2.22. The lowest BCUT2D eigenvalue weighted by molar-refractivity contribution is -0.138. The summed E-state index contributed by atoms with van der Waals surface area (Å²) in [4.78, 5) is 21.3. The van der Waals surface area contributed by atoms with E-state index in [1.165, 1.54) is 4.88 Å². The van der Waals surface area contributed by atoms with Gasteiger partial charge in [0.1, 0.15) is 5.01 Å². The molecule has 0 bridgehead atoms. The van der Waals surface area contributed by atoms with Crippen molar-refractivity contribution in [3.8, 4) is 9.88 Å². The predicted molar refractivity (Wildman–Crippen MR) is 98.6 cm³/mol. The van der Waals surface area contributed by atoms with Crippen LogP contribution in [0.15, 0.2) is 22.9 Å². The molecule has 0 radical (unpaired) electrons. The first-order valence-electron chi connectivity index (χ1n) is 8.24. The molecule has 2 aromatic rings. The van der Waals surface area contributed by atoms with Gasteiger partial charge in [0.2, 0.25) is 0 Å². The van der Waals surface area contributed by atoms with Gasteiger partial charge in [-0.1, -0.05) is 6.07 Å². The Kier molecular flexibility index (Phi) is 5.99. The van der Waals surface area contributed by atoms with E-state index in [0.717, 1.165) is 49.6 Å². The fourth-order valence-electron chi connectivity index (χ4n) is 3.20. The third-order valence-corrected chi connectivity index (χ3v) is 6.40. The van der Waals surface area contributed by atoms with Crippen LogP contribution in [0, 0.1) is 0 Å². The van der Waals surface area contributed by atoms with Crippen LogP contribution in [0.3, 0.4) is 0 Å². The Morgan fingerprint density at radius 3 is 3.04 bits per heavy atom. The minimum atomic E-state index is -0.748. The van der Waals surface area contributed by atoms with Crippen molar-refractivity contribution in [2.24, 2.45) is 0 Å². The third kappa shape index (κ3) is 4.63. The van der Waals surface area contributed by atoms with E-state index in [1.54, 1.807) is 22.7 Å². The fourth-order valence-corrected chi connectivity index (χ4v) is 4.83. The summed E-state index contributed by atoms with van der Waals surface area (Å²) in [6.45, 7) is 3.07. The molecular weight excluding hydrogens is 342 g/mol. The fraction of sp³-hybridized carbons (Fsp3) is 0.529. The molecule has 3 rings (SSSR count). The lowest BCUT2D eigenvalue weighted by Gasteiger charge is -2.25. The monoisotopic (exact) mass is 365 g/mol. The van der Waals surface area contributed by atoms with Crippen molar-refractivity contribution < 1.29 is 9.90 Å². The van der Waals surface area contributed by atoms with Crippen LogP contribution in [0.5, 0.6) is 0 Å². The number of carbonyl (C=O) groups is 1. The van der Waals surface area contributed by atoms with Gasteiger partial charge in [0.25, 0.3) is 0 Å². The van der Waals surface area contributed by atoms with Gasteiger partial charge in [-0.2, -0.15) is 0 Å². The third-order valence-electron chi connectivity index (χ3n) is 4.47. The maximum atomic E-state index is 10.9. The van der Waals surface area contributed by atoms with Crippen LogP contribution in [0.4, 0.5) is 0 Å². The summed E-state index contributed by atoms with van der Waals surface area (Å²) < 4.78 is 0. The molecule has 0 spiro atoms. The lowest BCUT2D eigenvalue weighted by Crippen LogP contribution is -2.36. The highest BCUT2D eigenvalue weighted by atomic mass is 32.1. The quantitative estimate of drug-likeness (QED) is 0.852. The number of carboxylic acids is 1. The summed E-state index contributed by atoms with van der Waals surface area (Å²) in [6.07, 6.45) is 3.19. The second-order valence-corrected chi connectivity index (χ2v) is 8.10. The zero-order chi connectivity index (χ0) is 16.9. The second kappa shape index (κ2) is 8.20. The molecule has 1 unspecified atom stereocenters. The van der Waals surface area contributed by atoms with Gasteiger partial charge in [-0.05, 0) is 44.3 Å². The van der Waals surface area contributed by atoms with Crippen molar-refractivity contribution in [2.75, 3.05) is 26.7 Å². The van der Waals surface area contributed by atoms with Gasteiger partial charge >= 0.3 is 5.97 Å². The van der Waals surface area contributed by atoms with Crippen molar-refractivity contribution in [3.05, 3.63) is 28.6 Å². The first kappa shape index (κ1) is 17.5. The Bertz CT molecular complexity index is 657. The summed E-state index contributed by atoms with van der Waals surface area (Å²) in [6, 6.07) is 4.54. The van der Waals surface area contributed by atoms with Crippen LogP contribution in [0.1, 0.15) is 25.0 Å². The Morgan fingerprint density at radius 1 is 1.42 bits per heavy atom. The molecule has 1 aliphatic rings. The van der Waals surface area contributed by atoms with Crippen LogP contribution in [0.2, 0.25) is 0 Å². The number of hydrogen-bond acceptors (Lipinski definition) is 6. The number of hydrogen-bond donors (Lipinski definition) is 1. The van der Waals surface area contributed by atoms with Gasteiger partial charge in [-0.25, -0.2) is 4.98 Å². The largest absolute Gasteiger partial charge is 0.480 e. The van der Waals surface area contributed by atoms with Gasteiger partial charge < -0.3 is 5.11 Å². The number of rotatable bonds is 6. The zero-order valence-corrected chi connectivity index (χ0v) is 15.5. The van der Waals surface area contributed by atoms with Crippen LogP contribution in [-0.2, 0) is 11.3 Å². The van der Waals surface area contributed by atoms with E-state index >= 15 is 0 Å². The maximum Gasteiger partial charge on any atom is 0.317 e. The first-order valence-corrected chi connectivity index (χ1v) is 10.0. The Morgan fingerprint density at radius 2 is 2.29 bits per heavy atom. The lowest BCUT2D eigenvalue weighted by atomic mass is 10.1. The van der Waals surface area contributed by atoms with E-state index in [-0.39, 0.29) is 6.54 Å². The van der Waals surface area contributed by atoms with Crippen LogP contribution in [0.25, 0.3) is 9.88 Å². The highest BCUT2D eigenvalue weighted by molar-refractivity contribution is 7.20. The molecule has 0 aliphatic carbocycles. The van der Waals surface area contributed by atoms with Crippen molar-refractivity contribution in [1.82, 2.24) is 14.8 Å². The summed E-state index contributed by atoms with van der Waals surface area (Å²) >= 11 is 3.44. The molecule has 1 aliphatic heterocycles. The molecule has 0 aromatic carbocycles. The standard InChI is InChI=1S/C17H23N3O2S2/c1-19(11-16(21)22)14-4-2-7-20(8-6-14)10-13-12-24-17(18-13)15-5-3-9-23-15/h3,5,9,12,14H,2,4,6-8,10-11H2,1H3,(H,21,22). The van der Waals surface area contributed by atoms with Gasteiger partial charge in [-0.3, -0.25) is 14.6 Å². The number of aliphatic carboxylic acids is 1. The summed E-state index contributed by atoms with van der Waals surface area (Å²) in [5.74, 6) is -0.748. The molecule has 5 nitrogen and oxygen atoms in total. The number of thiophene rings is 1. The molecule has 7 heteroatoms. The maximum absolute atomic E-state index is 10.9. The molecule has 1 fully saturated rings. The number of carboxylic acid groups (broad SMARTS) is 1. The van der Waals surface area contributed by atoms with E-state index in [1.807, 2.05) is 11.9 Å². The predicted octanol–water partition coefficient (Wildman–Crippen LogP) is 3.24. The molecule has 3 heterocycles. The van der Waals surface area contributed by atoms with E-state index in [9.17, 15) is 4.79 Å². The number of likely N-dealkylation sites (N-methyl/N-ethyl adjacent to an activating group) is 1. The molecule has 2 aromatic heterocycles. The Balaban J connectivity index is 1.54. The van der Waals surface area contributed by atoms with E-state index in [2.05, 4.69) is 27.8 Å². The molecular formula is C17H23N3O2S2. The molecule has 1 atom stereocenters. The van der Waals surface area contributed by atoms with Crippen molar-refractivity contribution in [3.63, 3.8) is 0 Å². The van der Waals surface area contributed by atoms with Crippen LogP contribution in [-0.4, -0.2) is 58.6 Å². The minimum Gasteiger partial charge on any atom is -0.480 e. The Hall–Kier alpha value is -1.28. The van der Waals surface area contributed by atoms with Crippen molar-refractivity contribution in [2.45, 2.75) is 31.8 Å². The first-order chi connectivity index (χ1) is 11.6. The average molecular weight is 366 g/mol.